The number of fused-ring (bicyclic) bond motifs is 4. The van der Waals surface area contributed by atoms with E-state index in [1.165, 1.54) is 106 Å². The molecule has 12 aromatic rings. The Morgan fingerprint density at radius 2 is 0.537 bits per heavy atom. The van der Waals surface area contributed by atoms with Crippen LogP contribution >= 0.6 is 0 Å². The van der Waals surface area contributed by atoms with Crippen molar-refractivity contribution in [3.63, 3.8) is 0 Å². The van der Waals surface area contributed by atoms with Crippen molar-refractivity contribution in [1.82, 2.24) is 0 Å². The highest BCUT2D eigenvalue weighted by Crippen LogP contribution is 2.55. The summed E-state index contributed by atoms with van der Waals surface area (Å²) in [6.07, 6.45) is 0. The standard InChI is InChI=1S/C92H89BN2/c1-88(2,3)69-46-37-63(38-47-69)73-33-25-34-74(64-39-48-70(49-40-64)89(4,5)6)86(73)94-81-54-45-67(60-27-19-16-20-28-60)55-79(81)93-80-58-77(62-31-23-18-24-32-62)78(92(13,14)15)59-82(80)95(84-57-68(56-83(94)85(84)93)61-29-21-17-22-30-61)87-75(65-41-50-71(51-42-65)90(7,8)9)35-26-36-76(87)66-43-52-72(53-44-66)91(10,11)12/h16-59H,1-15H3. The molecule has 0 bridgehead atoms. The molecule has 0 spiro atoms. The van der Waals surface area contributed by atoms with Crippen molar-refractivity contribution >= 4 is 57.2 Å². The molecular weight excluding hydrogens is 1140 g/mol. The van der Waals surface area contributed by atoms with Gasteiger partial charge >= 0.3 is 0 Å². The van der Waals surface area contributed by atoms with Crippen LogP contribution in [0.25, 0.3) is 77.9 Å². The second-order valence-electron chi connectivity index (χ2n) is 31.8. The summed E-state index contributed by atoms with van der Waals surface area (Å²) < 4.78 is 0. The Labute approximate surface area is 567 Å². The molecule has 0 N–H and O–H groups in total. The molecule has 0 fully saturated rings. The molecule has 0 atom stereocenters. The van der Waals surface area contributed by atoms with Crippen LogP contribution in [-0.4, -0.2) is 6.71 Å². The van der Waals surface area contributed by atoms with Gasteiger partial charge in [0.2, 0.25) is 0 Å². The smallest absolute Gasteiger partial charge is 0.252 e. The highest BCUT2D eigenvalue weighted by Gasteiger charge is 2.46. The summed E-state index contributed by atoms with van der Waals surface area (Å²) in [4.78, 5) is 5.43. The maximum absolute atomic E-state index is 2.73. The lowest BCUT2D eigenvalue weighted by atomic mass is 9.33. The lowest BCUT2D eigenvalue weighted by molar-refractivity contribution is 0.590. The minimum absolute atomic E-state index is 0.0212. The first kappa shape index (κ1) is 62.7. The van der Waals surface area contributed by atoms with E-state index in [9.17, 15) is 0 Å². The quantitative estimate of drug-likeness (QED) is 0.133. The van der Waals surface area contributed by atoms with Crippen LogP contribution in [0.1, 0.15) is 132 Å². The van der Waals surface area contributed by atoms with Gasteiger partial charge in [0.25, 0.3) is 6.71 Å². The molecule has 2 aliphatic heterocycles. The van der Waals surface area contributed by atoms with E-state index in [1.807, 2.05) is 0 Å². The highest BCUT2D eigenvalue weighted by atomic mass is 15.2. The van der Waals surface area contributed by atoms with Crippen LogP contribution in [0.4, 0.5) is 34.1 Å². The van der Waals surface area contributed by atoms with Gasteiger partial charge in [0, 0.05) is 45.0 Å². The van der Waals surface area contributed by atoms with Gasteiger partial charge in [-0.05, 0) is 151 Å². The Morgan fingerprint density at radius 3 is 0.895 bits per heavy atom. The number of anilines is 6. The van der Waals surface area contributed by atoms with E-state index in [0.29, 0.717) is 0 Å². The van der Waals surface area contributed by atoms with Crippen LogP contribution in [0.5, 0.6) is 0 Å². The Balaban J connectivity index is 1.18. The molecule has 3 heteroatoms. The molecule has 0 aliphatic carbocycles. The summed E-state index contributed by atoms with van der Waals surface area (Å²) in [5.41, 5.74) is 33.3. The number of benzene rings is 12. The predicted molar refractivity (Wildman–Crippen MR) is 412 cm³/mol. The molecular formula is C92H89BN2. The summed E-state index contributed by atoms with van der Waals surface area (Å²) >= 11 is 0. The van der Waals surface area contributed by atoms with Crippen LogP contribution in [0.3, 0.4) is 0 Å². The molecule has 2 aliphatic rings. The predicted octanol–water partition coefficient (Wildman–Crippen LogP) is 23.9. The topological polar surface area (TPSA) is 6.48 Å². The number of hydrogen-bond donors (Lipinski definition) is 0. The Bertz CT molecular complexity index is 4680. The molecule has 95 heavy (non-hydrogen) atoms. The van der Waals surface area contributed by atoms with Crippen molar-refractivity contribution < 1.29 is 0 Å². The molecule has 470 valence electrons. The third-order valence-electron chi connectivity index (χ3n) is 20.1. The molecule has 0 radical (unpaired) electrons. The third-order valence-corrected chi connectivity index (χ3v) is 20.1. The van der Waals surface area contributed by atoms with Crippen molar-refractivity contribution in [3.05, 3.63) is 295 Å². The summed E-state index contributed by atoms with van der Waals surface area (Å²) in [5, 5.41) is 0. The van der Waals surface area contributed by atoms with E-state index in [1.54, 1.807) is 0 Å². The molecule has 0 amide bonds. The lowest BCUT2D eigenvalue weighted by Gasteiger charge is -2.46. The monoisotopic (exact) mass is 1230 g/mol. The largest absolute Gasteiger partial charge is 0.310 e. The van der Waals surface area contributed by atoms with Gasteiger partial charge < -0.3 is 9.80 Å². The first-order valence-electron chi connectivity index (χ1n) is 34.3. The van der Waals surface area contributed by atoms with Gasteiger partial charge in [0.1, 0.15) is 0 Å². The zero-order chi connectivity index (χ0) is 66.5. The fourth-order valence-corrected chi connectivity index (χ4v) is 14.7. The second kappa shape index (κ2) is 23.6. The molecule has 2 heterocycles. The molecule has 2 nitrogen and oxygen atoms in total. The van der Waals surface area contributed by atoms with E-state index < -0.39 is 0 Å². The van der Waals surface area contributed by atoms with E-state index in [4.69, 9.17) is 0 Å². The van der Waals surface area contributed by atoms with Crippen molar-refractivity contribution in [1.29, 1.82) is 0 Å². The number of para-hydroxylation sites is 2. The first-order valence-corrected chi connectivity index (χ1v) is 34.3. The lowest BCUT2D eigenvalue weighted by Crippen LogP contribution is -2.61. The van der Waals surface area contributed by atoms with Crippen molar-refractivity contribution in [2.45, 2.75) is 131 Å². The van der Waals surface area contributed by atoms with Crippen molar-refractivity contribution in [2.75, 3.05) is 9.80 Å². The van der Waals surface area contributed by atoms with Crippen LogP contribution in [0.15, 0.2) is 267 Å². The Morgan fingerprint density at radius 1 is 0.221 bits per heavy atom. The molecule has 0 aromatic heterocycles. The highest BCUT2D eigenvalue weighted by molar-refractivity contribution is 7.00. The van der Waals surface area contributed by atoms with Gasteiger partial charge in [-0.25, -0.2) is 0 Å². The summed E-state index contributed by atoms with van der Waals surface area (Å²) in [7, 11) is 0. The van der Waals surface area contributed by atoms with Crippen LogP contribution in [0, 0.1) is 0 Å². The zero-order valence-electron chi connectivity index (χ0n) is 58.4. The number of hydrogen-bond acceptors (Lipinski definition) is 2. The van der Waals surface area contributed by atoms with Gasteiger partial charge in [0.05, 0.1) is 11.4 Å². The van der Waals surface area contributed by atoms with Gasteiger partial charge in [-0.3, -0.25) is 0 Å². The first-order chi connectivity index (χ1) is 45.3. The van der Waals surface area contributed by atoms with Crippen LogP contribution in [-0.2, 0) is 27.1 Å². The van der Waals surface area contributed by atoms with Gasteiger partial charge in [-0.15, -0.1) is 0 Å². The third kappa shape index (κ3) is 11.7. The van der Waals surface area contributed by atoms with Crippen LogP contribution in [0.2, 0.25) is 0 Å². The SMILES string of the molecule is CC(C)(C)c1ccc(-c2cccc(-c3ccc(C(C)(C)C)cc3)c2N2c3ccc(-c4ccccc4)cc3B3c4cc(-c5ccccc5)c(C(C)(C)C)cc4N(c4c(-c5ccc(C(C)(C)C)cc5)cccc4-c4ccc(C(C)(C)C)cc4)c4cc(-c5ccccc5)cc2c43)cc1. The van der Waals surface area contributed by atoms with Gasteiger partial charge in [-0.2, -0.15) is 0 Å². The van der Waals surface area contributed by atoms with Crippen LogP contribution < -0.4 is 26.2 Å². The second-order valence-corrected chi connectivity index (χ2v) is 31.8. The Kier molecular flexibility index (Phi) is 15.6. The molecule has 12 aromatic carbocycles. The van der Waals surface area contributed by atoms with E-state index in [-0.39, 0.29) is 33.8 Å². The molecule has 0 saturated heterocycles. The van der Waals surface area contributed by atoms with Gasteiger partial charge in [0.15, 0.2) is 0 Å². The summed E-state index contributed by atoms with van der Waals surface area (Å²) in [6.45, 7) is 34.7. The minimum Gasteiger partial charge on any atom is -0.310 e. The normalized spacial score (nSPS) is 13.1. The maximum Gasteiger partial charge on any atom is 0.252 e. The average molecular weight is 1230 g/mol. The zero-order valence-corrected chi connectivity index (χ0v) is 58.4. The van der Waals surface area contributed by atoms with Crippen molar-refractivity contribution in [2.24, 2.45) is 0 Å². The maximum atomic E-state index is 2.73. The fraction of sp³-hybridized carbons (Fsp3) is 0.217. The summed E-state index contributed by atoms with van der Waals surface area (Å²) in [6, 6.07) is 103. The van der Waals surface area contributed by atoms with Crippen molar-refractivity contribution in [3.8, 4) is 77.9 Å². The molecule has 0 saturated carbocycles. The average Bonchev–Trinajstić information content (AvgIpc) is 0.686. The minimum atomic E-state index is -0.255. The van der Waals surface area contributed by atoms with Gasteiger partial charge in [-0.1, -0.05) is 347 Å². The van der Waals surface area contributed by atoms with E-state index >= 15 is 0 Å². The molecule has 0 unspecified atom stereocenters. The summed E-state index contributed by atoms with van der Waals surface area (Å²) in [5.74, 6) is 0. The van der Waals surface area contributed by atoms with E-state index in [2.05, 4.69) is 381 Å². The van der Waals surface area contributed by atoms with E-state index in [0.717, 1.165) is 50.7 Å². The number of nitrogens with zero attached hydrogens (tertiary/aromatic N) is 2. The molecule has 14 rings (SSSR count). The fourth-order valence-electron chi connectivity index (χ4n) is 14.7. The Hall–Kier alpha value is -9.70. The number of rotatable bonds is 9.